The van der Waals surface area contributed by atoms with Gasteiger partial charge in [0.2, 0.25) is 0 Å². The number of hydrazone groups is 1. The van der Waals surface area contributed by atoms with E-state index in [0.29, 0.717) is 19.6 Å². The molecule has 2 fully saturated rings. The maximum absolute atomic E-state index is 12.8. The van der Waals surface area contributed by atoms with E-state index in [0.717, 1.165) is 68.2 Å². The molecule has 1 aromatic rings. The van der Waals surface area contributed by atoms with Gasteiger partial charge in [-0.05, 0) is 51.1 Å². The number of aryl methyl sites for hydroxylation is 1. The molecule has 3 amide bonds. The zero-order valence-corrected chi connectivity index (χ0v) is 18.0. The molecule has 0 N–H and O–H groups in total. The highest BCUT2D eigenvalue weighted by Gasteiger charge is 2.36. The quantitative estimate of drug-likeness (QED) is 0.525. The van der Waals surface area contributed by atoms with Crippen LogP contribution in [0.4, 0.5) is 4.79 Å². The number of nitrogens with zero attached hydrogens (tertiary/aromatic N) is 5. The van der Waals surface area contributed by atoms with Crippen molar-refractivity contribution in [2.75, 3.05) is 59.5 Å². The fourth-order valence-electron chi connectivity index (χ4n) is 4.13. The number of fused-ring (bicyclic) bond motifs is 1. The number of rotatable bonds is 6. The third-order valence-corrected chi connectivity index (χ3v) is 6.03. The van der Waals surface area contributed by atoms with E-state index in [1.807, 2.05) is 25.1 Å². The molecule has 1 aromatic carbocycles. The average Bonchev–Trinajstić information content (AvgIpc) is 2.99. The predicted molar refractivity (Wildman–Crippen MR) is 115 cm³/mol. The number of likely N-dealkylation sites (N-methyl/N-ethyl adjacent to an activating group) is 1. The second-order valence-electron chi connectivity index (χ2n) is 8.38. The van der Waals surface area contributed by atoms with Gasteiger partial charge in [-0.25, -0.2) is 9.80 Å². The van der Waals surface area contributed by atoms with Crippen molar-refractivity contribution in [1.29, 1.82) is 0 Å². The number of urea groups is 1. The summed E-state index contributed by atoms with van der Waals surface area (Å²) in [5.41, 5.74) is 2.82. The van der Waals surface area contributed by atoms with Crippen molar-refractivity contribution < 1.29 is 14.3 Å². The van der Waals surface area contributed by atoms with Crippen LogP contribution in [0.25, 0.3) is 0 Å². The van der Waals surface area contributed by atoms with Gasteiger partial charge in [0.1, 0.15) is 12.3 Å². The molecule has 162 valence electrons. The Balaban J connectivity index is 1.32. The first-order chi connectivity index (χ1) is 14.5. The Labute approximate surface area is 178 Å². The summed E-state index contributed by atoms with van der Waals surface area (Å²) >= 11 is 0. The van der Waals surface area contributed by atoms with Crippen LogP contribution >= 0.6 is 0 Å². The lowest BCUT2D eigenvalue weighted by Crippen LogP contribution is -2.44. The minimum atomic E-state index is -0.313. The average molecular weight is 414 g/mol. The van der Waals surface area contributed by atoms with Crippen molar-refractivity contribution in [2.24, 2.45) is 5.10 Å². The Morgan fingerprint density at radius 2 is 1.83 bits per heavy atom. The first kappa shape index (κ1) is 20.8. The van der Waals surface area contributed by atoms with Crippen LogP contribution in [0.3, 0.4) is 0 Å². The number of imide groups is 1. The fraction of sp³-hybridized carbons (Fsp3) is 0.591. The molecule has 0 saturated carbocycles. The number of piperazine rings is 1. The fourth-order valence-corrected chi connectivity index (χ4v) is 4.13. The van der Waals surface area contributed by atoms with E-state index in [2.05, 4.69) is 21.9 Å². The van der Waals surface area contributed by atoms with Crippen LogP contribution in [0.15, 0.2) is 23.3 Å². The van der Waals surface area contributed by atoms with Gasteiger partial charge < -0.3 is 14.5 Å². The Morgan fingerprint density at radius 1 is 1.07 bits per heavy atom. The summed E-state index contributed by atoms with van der Waals surface area (Å²) in [6.07, 6.45) is 2.43. The van der Waals surface area contributed by atoms with Gasteiger partial charge in [0, 0.05) is 44.7 Å². The minimum Gasteiger partial charge on any atom is -0.492 e. The molecule has 0 bridgehead atoms. The molecule has 3 aliphatic rings. The summed E-state index contributed by atoms with van der Waals surface area (Å²) in [5, 5.41) is 5.85. The number of benzene rings is 1. The normalized spacial score (nSPS) is 22.0. The van der Waals surface area contributed by atoms with Crippen LogP contribution in [0.5, 0.6) is 5.75 Å². The third kappa shape index (κ3) is 4.65. The summed E-state index contributed by atoms with van der Waals surface area (Å²) in [7, 11) is 2.15. The molecule has 3 aliphatic heterocycles. The van der Waals surface area contributed by atoms with Crippen LogP contribution < -0.4 is 4.74 Å². The first-order valence-corrected chi connectivity index (χ1v) is 10.9. The van der Waals surface area contributed by atoms with E-state index in [1.54, 1.807) is 0 Å². The predicted octanol–water partition coefficient (Wildman–Crippen LogP) is 1.77. The largest absolute Gasteiger partial charge is 0.492 e. The summed E-state index contributed by atoms with van der Waals surface area (Å²) in [6.45, 7) is 8.43. The van der Waals surface area contributed by atoms with Crippen molar-refractivity contribution in [3.8, 4) is 5.75 Å². The second-order valence-corrected chi connectivity index (χ2v) is 8.38. The van der Waals surface area contributed by atoms with Crippen molar-refractivity contribution in [2.45, 2.75) is 26.2 Å². The molecule has 0 unspecified atom stereocenters. The molecule has 0 spiro atoms. The van der Waals surface area contributed by atoms with Gasteiger partial charge in [-0.15, -0.1) is 0 Å². The molecule has 0 aliphatic carbocycles. The van der Waals surface area contributed by atoms with Crippen LogP contribution in [0.2, 0.25) is 0 Å². The Hall–Kier alpha value is -2.45. The van der Waals surface area contributed by atoms with Crippen LogP contribution in [-0.2, 0) is 4.79 Å². The molecule has 0 aromatic heterocycles. The summed E-state index contributed by atoms with van der Waals surface area (Å²) in [4.78, 5) is 31.3. The van der Waals surface area contributed by atoms with E-state index in [4.69, 9.17) is 4.74 Å². The number of carbonyl (C=O) groups excluding carboxylic acids is 2. The highest BCUT2D eigenvalue weighted by Crippen LogP contribution is 2.27. The van der Waals surface area contributed by atoms with E-state index in [1.165, 1.54) is 9.91 Å². The summed E-state index contributed by atoms with van der Waals surface area (Å²) in [5.74, 6) is 0.624. The van der Waals surface area contributed by atoms with E-state index in [9.17, 15) is 9.59 Å². The zero-order valence-electron chi connectivity index (χ0n) is 18.0. The molecule has 3 heterocycles. The molecule has 8 nitrogen and oxygen atoms in total. The van der Waals surface area contributed by atoms with Gasteiger partial charge in [-0.2, -0.15) is 5.10 Å². The lowest BCUT2D eigenvalue weighted by molar-refractivity contribution is -0.125. The van der Waals surface area contributed by atoms with Crippen molar-refractivity contribution in [3.05, 3.63) is 29.3 Å². The third-order valence-electron chi connectivity index (χ3n) is 6.03. The van der Waals surface area contributed by atoms with Gasteiger partial charge in [0.05, 0.1) is 12.3 Å². The highest BCUT2D eigenvalue weighted by molar-refractivity contribution is 6.06. The van der Waals surface area contributed by atoms with Crippen molar-refractivity contribution in [3.63, 3.8) is 0 Å². The molecular weight excluding hydrogens is 382 g/mol. The zero-order chi connectivity index (χ0) is 21.1. The molecule has 30 heavy (non-hydrogen) atoms. The van der Waals surface area contributed by atoms with E-state index >= 15 is 0 Å². The standard InChI is InChI=1S/C22H31N5O3/c1-17-5-6-18-19(7-14-30-20(18)15-17)23-27-16-21(28)26(22(27)29)9-4-3-8-25-12-10-24(2)11-13-25/h5-6,15H,3-4,7-14,16H2,1-2H3/b23-19+. The monoisotopic (exact) mass is 413 g/mol. The smallest absolute Gasteiger partial charge is 0.347 e. The molecule has 0 atom stereocenters. The molecular formula is C22H31N5O3. The SMILES string of the molecule is Cc1ccc2c(c1)OCC/C2=N\N1CC(=O)N(CCCCN2CCN(C)CC2)C1=O. The summed E-state index contributed by atoms with van der Waals surface area (Å²) < 4.78 is 5.72. The van der Waals surface area contributed by atoms with Crippen LogP contribution in [-0.4, -0.2) is 96.8 Å². The van der Waals surface area contributed by atoms with Gasteiger partial charge in [0.15, 0.2) is 0 Å². The minimum absolute atomic E-state index is 0.0167. The highest BCUT2D eigenvalue weighted by atomic mass is 16.5. The van der Waals surface area contributed by atoms with Gasteiger partial charge in [-0.1, -0.05) is 6.07 Å². The summed E-state index contributed by atoms with van der Waals surface area (Å²) in [6, 6.07) is 5.65. The number of ether oxygens (including phenoxy) is 1. The Kier molecular flexibility index (Phi) is 6.34. The van der Waals surface area contributed by atoms with Crippen molar-refractivity contribution in [1.82, 2.24) is 19.7 Å². The number of amides is 3. The molecule has 0 radical (unpaired) electrons. The number of hydrogen-bond donors (Lipinski definition) is 0. The topological polar surface area (TPSA) is 68.7 Å². The van der Waals surface area contributed by atoms with Crippen molar-refractivity contribution >= 4 is 17.6 Å². The van der Waals surface area contributed by atoms with Gasteiger partial charge >= 0.3 is 6.03 Å². The lowest BCUT2D eigenvalue weighted by Gasteiger charge is -2.32. The lowest BCUT2D eigenvalue weighted by atomic mass is 10.0. The van der Waals surface area contributed by atoms with Crippen LogP contribution in [0, 0.1) is 6.92 Å². The first-order valence-electron chi connectivity index (χ1n) is 10.9. The maximum atomic E-state index is 12.8. The Bertz CT molecular complexity index is 832. The second kappa shape index (κ2) is 9.14. The van der Waals surface area contributed by atoms with E-state index < -0.39 is 0 Å². The molecule has 4 rings (SSSR count). The molecule has 2 saturated heterocycles. The Morgan fingerprint density at radius 3 is 2.63 bits per heavy atom. The van der Waals surface area contributed by atoms with Gasteiger partial charge in [0.25, 0.3) is 5.91 Å². The van der Waals surface area contributed by atoms with E-state index in [-0.39, 0.29) is 18.5 Å². The maximum Gasteiger partial charge on any atom is 0.347 e. The number of unbranched alkanes of at least 4 members (excludes halogenated alkanes) is 1. The van der Waals surface area contributed by atoms with Gasteiger partial charge in [-0.3, -0.25) is 9.69 Å². The van der Waals surface area contributed by atoms with Crippen LogP contribution in [0.1, 0.15) is 30.4 Å². The number of hydrogen-bond acceptors (Lipinski definition) is 6. The molecule has 8 heteroatoms. The number of carbonyl (C=O) groups is 2.